The van der Waals surface area contributed by atoms with Crippen LogP contribution in [0.1, 0.15) is 6.92 Å². The first-order valence-electron chi connectivity index (χ1n) is 3.77. The first-order valence-corrected chi connectivity index (χ1v) is 3.77. The van der Waals surface area contributed by atoms with Crippen LogP contribution in [-0.4, -0.2) is 18.2 Å². The maximum Gasteiger partial charge on any atom is 0.351 e. The summed E-state index contributed by atoms with van der Waals surface area (Å²) in [6.45, 7) is 2.07. The molecule has 1 unspecified atom stereocenters. The quantitative estimate of drug-likeness (QED) is 0.564. The number of nitrogens with one attached hydrogen (secondary N) is 1. The lowest BCUT2D eigenvalue weighted by Crippen LogP contribution is -2.57. The third-order valence-corrected chi connectivity index (χ3v) is 1.50. The molecule has 0 aromatic rings. The highest BCUT2D eigenvalue weighted by Gasteiger charge is 2.32. The molecule has 1 heterocycles. The Balaban J connectivity index is 2.65. The first kappa shape index (κ1) is 8.80. The normalized spacial score (nSPS) is 26.5. The summed E-state index contributed by atoms with van der Waals surface area (Å²) in [6, 6.07) is 0. The van der Waals surface area contributed by atoms with Crippen LogP contribution < -0.4 is 11.1 Å². The van der Waals surface area contributed by atoms with Gasteiger partial charge in [-0.05, 0) is 25.3 Å². The van der Waals surface area contributed by atoms with E-state index in [1.807, 2.05) is 0 Å². The number of hydrogen-bond donors (Lipinski definition) is 2. The van der Waals surface area contributed by atoms with Gasteiger partial charge in [-0.1, -0.05) is 6.08 Å². The average molecular weight is 168 g/mol. The summed E-state index contributed by atoms with van der Waals surface area (Å²) < 4.78 is 4.77. The van der Waals surface area contributed by atoms with Gasteiger partial charge in [0.2, 0.25) is 5.66 Å². The van der Waals surface area contributed by atoms with Gasteiger partial charge in [0.1, 0.15) is 0 Å². The van der Waals surface area contributed by atoms with E-state index in [1.165, 1.54) is 0 Å². The molecule has 0 spiro atoms. The highest BCUT2D eigenvalue weighted by molar-refractivity contribution is 5.83. The molecule has 0 saturated carbocycles. The topological polar surface area (TPSA) is 64.3 Å². The number of esters is 1. The summed E-state index contributed by atoms with van der Waals surface area (Å²) in [7, 11) is 0. The number of allylic oxidation sites excluding steroid dienone is 2. The smallest absolute Gasteiger partial charge is 0.351 e. The number of nitrogens with two attached hydrogens (primary N) is 1. The van der Waals surface area contributed by atoms with Gasteiger partial charge in [-0.15, -0.1) is 0 Å². The lowest BCUT2D eigenvalue weighted by molar-refractivity contribution is -0.148. The molecule has 3 N–H and O–H groups in total. The van der Waals surface area contributed by atoms with Gasteiger partial charge < -0.3 is 10.1 Å². The second-order valence-electron chi connectivity index (χ2n) is 2.45. The molecule has 0 amide bonds. The second-order valence-corrected chi connectivity index (χ2v) is 2.45. The molecule has 0 aliphatic carbocycles. The monoisotopic (exact) mass is 168 g/mol. The van der Waals surface area contributed by atoms with Crippen molar-refractivity contribution in [1.29, 1.82) is 0 Å². The van der Waals surface area contributed by atoms with Gasteiger partial charge in [0, 0.05) is 0 Å². The Hall–Kier alpha value is -1.29. The van der Waals surface area contributed by atoms with E-state index in [1.54, 1.807) is 31.4 Å². The van der Waals surface area contributed by atoms with Crippen LogP contribution in [0.5, 0.6) is 0 Å². The van der Waals surface area contributed by atoms with Gasteiger partial charge >= 0.3 is 5.97 Å². The molecule has 4 nitrogen and oxygen atoms in total. The van der Waals surface area contributed by atoms with Crippen molar-refractivity contribution in [3.63, 3.8) is 0 Å². The number of carbonyl (C=O) groups excluding carboxylic acids is 1. The van der Waals surface area contributed by atoms with E-state index in [2.05, 4.69) is 5.32 Å². The van der Waals surface area contributed by atoms with Crippen LogP contribution in [-0.2, 0) is 9.53 Å². The van der Waals surface area contributed by atoms with Crippen molar-refractivity contribution in [1.82, 2.24) is 5.32 Å². The molecule has 0 aromatic carbocycles. The van der Waals surface area contributed by atoms with Crippen LogP contribution >= 0.6 is 0 Å². The lowest BCUT2D eigenvalue weighted by Gasteiger charge is -2.25. The zero-order valence-corrected chi connectivity index (χ0v) is 6.91. The minimum absolute atomic E-state index is 0.330. The van der Waals surface area contributed by atoms with Crippen LogP contribution in [0, 0.1) is 0 Å². The Morgan fingerprint density at radius 2 is 2.42 bits per heavy atom. The molecule has 66 valence electrons. The van der Waals surface area contributed by atoms with E-state index in [0.29, 0.717) is 6.61 Å². The van der Waals surface area contributed by atoms with Crippen molar-refractivity contribution in [2.45, 2.75) is 12.6 Å². The minimum atomic E-state index is -1.19. The molecule has 0 fully saturated rings. The summed E-state index contributed by atoms with van der Waals surface area (Å²) in [5.41, 5.74) is 4.48. The second kappa shape index (κ2) is 3.40. The molecule has 0 bridgehead atoms. The predicted molar refractivity (Wildman–Crippen MR) is 45.0 cm³/mol. The van der Waals surface area contributed by atoms with Gasteiger partial charge in [-0.25, -0.2) is 4.79 Å². The summed E-state index contributed by atoms with van der Waals surface area (Å²) in [6.07, 6.45) is 6.62. The average Bonchev–Trinajstić information content (AvgIpc) is 2.06. The van der Waals surface area contributed by atoms with Gasteiger partial charge in [0.15, 0.2) is 0 Å². The van der Waals surface area contributed by atoms with Gasteiger partial charge in [-0.3, -0.25) is 5.73 Å². The molecular formula is C8H12N2O2. The maximum absolute atomic E-state index is 11.2. The maximum atomic E-state index is 11.2. The number of dihydropyridines is 1. The van der Waals surface area contributed by atoms with Gasteiger partial charge in [0.25, 0.3) is 0 Å². The molecule has 1 aliphatic heterocycles. The third kappa shape index (κ3) is 1.65. The summed E-state index contributed by atoms with van der Waals surface area (Å²) in [4.78, 5) is 11.2. The highest BCUT2D eigenvalue weighted by Crippen LogP contribution is 2.05. The Kier molecular flexibility index (Phi) is 2.50. The first-order chi connectivity index (χ1) is 5.69. The van der Waals surface area contributed by atoms with E-state index >= 15 is 0 Å². The van der Waals surface area contributed by atoms with Crippen LogP contribution in [0.3, 0.4) is 0 Å². The van der Waals surface area contributed by atoms with Crippen molar-refractivity contribution >= 4 is 5.97 Å². The van der Waals surface area contributed by atoms with Crippen molar-refractivity contribution in [3.8, 4) is 0 Å². The fourth-order valence-corrected chi connectivity index (χ4v) is 0.874. The largest absolute Gasteiger partial charge is 0.463 e. The van der Waals surface area contributed by atoms with E-state index in [-0.39, 0.29) is 0 Å². The Labute approximate surface area is 71.1 Å². The summed E-state index contributed by atoms with van der Waals surface area (Å²) in [5, 5.41) is 2.72. The number of ether oxygens (including phenoxy) is 1. The van der Waals surface area contributed by atoms with E-state index < -0.39 is 11.6 Å². The molecule has 0 radical (unpaired) electrons. The summed E-state index contributed by atoms with van der Waals surface area (Å²) >= 11 is 0. The predicted octanol–water partition coefficient (Wildman–Crippen LogP) is -0.122. The van der Waals surface area contributed by atoms with Crippen LogP contribution in [0.2, 0.25) is 0 Å². The molecule has 0 aromatic heterocycles. The van der Waals surface area contributed by atoms with Crippen LogP contribution in [0.25, 0.3) is 0 Å². The zero-order chi connectivity index (χ0) is 9.03. The SMILES string of the molecule is CCOC(=O)C1(N)C=CC=CN1. The molecule has 1 rings (SSSR count). The van der Waals surface area contributed by atoms with Gasteiger partial charge in [-0.2, -0.15) is 0 Å². The van der Waals surface area contributed by atoms with E-state index in [4.69, 9.17) is 10.5 Å². The standard InChI is InChI=1S/C8H12N2O2/c1-2-12-7(11)8(9)5-3-4-6-10-8/h3-6,10H,2,9H2,1H3. The fourth-order valence-electron chi connectivity index (χ4n) is 0.874. The third-order valence-electron chi connectivity index (χ3n) is 1.50. The molecule has 12 heavy (non-hydrogen) atoms. The minimum Gasteiger partial charge on any atom is -0.463 e. The number of rotatable bonds is 2. The number of hydrogen-bond acceptors (Lipinski definition) is 4. The van der Waals surface area contributed by atoms with Crippen LogP contribution in [0.4, 0.5) is 0 Å². The highest BCUT2D eigenvalue weighted by atomic mass is 16.5. The molecule has 1 atom stereocenters. The summed E-state index contributed by atoms with van der Waals surface area (Å²) in [5.74, 6) is -0.467. The Bertz CT molecular complexity index is 235. The molecule has 4 heteroatoms. The van der Waals surface area contributed by atoms with E-state index in [9.17, 15) is 4.79 Å². The van der Waals surface area contributed by atoms with Gasteiger partial charge in [0.05, 0.1) is 6.61 Å². The van der Waals surface area contributed by atoms with Crippen molar-refractivity contribution in [3.05, 3.63) is 24.4 Å². The Morgan fingerprint density at radius 3 is 2.92 bits per heavy atom. The van der Waals surface area contributed by atoms with E-state index in [0.717, 1.165) is 0 Å². The zero-order valence-electron chi connectivity index (χ0n) is 6.91. The number of carbonyl (C=O) groups is 1. The van der Waals surface area contributed by atoms with Crippen LogP contribution in [0.15, 0.2) is 24.4 Å². The fraction of sp³-hybridized carbons (Fsp3) is 0.375. The lowest BCUT2D eigenvalue weighted by atomic mass is 10.1. The molecule has 1 aliphatic rings. The molecule has 0 saturated heterocycles. The molecular weight excluding hydrogens is 156 g/mol. The Morgan fingerprint density at radius 1 is 1.67 bits per heavy atom. The van der Waals surface area contributed by atoms with Crippen molar-refractivity contribution in [2.24, 2.45) is 5.73 Å². The van der Waals surface area contributed by atoms with Crippen molar-refractivity contribution < 1.29 is 9.53 Å². The van der Waals surface area contributed by atoms with Crippen molar-refractivity contribution in [2.75, 3.05) is 6.61 Å².